The lowest BCUT2D eigenvalue weighted by Gasteiger charge is -2.33. The quantitative estimate of drug-likeness (QED) is 0.918. The van der Waals surface area contributed by atoms with Gasteiger partial charge in [-0.1, -0.05) is 26.2 Å². The highest BCUT2D eigenvalue weighted by Gasteiger charge is 2.26. The summed E-state index contributed by atoms with van der Waals surface area (Å²) in [7, 11) is 3.42. The van der Waals surface area contributed by atoms with Crippen LogP contribution in [-0.2, 0) is 0 Å². The van der Waals surface area contributed by atoms with Crippen LogP contribution in [0.2, 0.25) is 0 Å². The van der Waals surface area contributed by atoms with E-state index in [0.29, 0.717) is 11.1 Å². The molecular weight excluding hydrogens is 252 g/mol. The molecule has 1 aromatic heterocycles. The fraction of sp³-hybridized carbons (Fsp3) is 0.667. The molecule has 1 saturated carbocycles. The minimum absolute atomic E-state index is 0.122. The van der Waals surface area contributed by atoms with Crippen molar-refractivity contribution in [3.63, 3.8) is 0 Å². The van der Waals surface area contributed by atoms with E-state index in [-0.39, 0.29) is 5.91 Å². The summed E-state index contributed by atoms with van der Waals surface area (Å²) in [6, 6.07) is 3.55. The van der Waals surface area contributed by atoms with E-state index in [1.54, 1.807) is 20.2 Å². The Labute approximate surface area is 120 Å². The van der Waals surface area contributed by atoms with Gasteiger partial charge in [-0.25, -0.2) is 0 Å². The zero-order valence-electron chi connectivity index (χ0n) is 12.6. The molecule has 0 saturated heterocycles. The molecule has 1 heterocycles. The predicted octanol–water partition coefficient (Wildman–Crippen LogP) is 2.56. The topological polar surface area (TPSA) is 58.1 Å². The minimum Gasteiger partial charge on any atom is -0.368 e. The van der Waals surface area contributed by atoms with Crippen LogP contribution in [0.3, 0.4) is 0 Å². The first-order valence-corrected chi connectivity index (χ1v) is 7.29. The van der Waals surface area contributed by atoms with Crippen LogP contribution in [0.4, 0.5) is 5.82 Å². The van der Waals surface area contributed by atoms with Gasteiger partial charge in [0.05, 0.1) is 0 Å². The van der Waals surface area contributed by atoms with Crippen molar-refractivity contribution in [2.45, 2.75) is 39.0 Å². The normalized spacial score (nSPS) is 17.6. The number of carbonyl (C=O) groups is 1. The van der Waals surface area contributed by atoms with E-state index >= 15 is 0 Å². The second kappa shape index (κ2) is 6.20. The molecular formula is C15H24N4O. The molecule has 1 fully saturated rings. The summed E-state index contributed by atoms with van der Waals surface area (Å²) < 4.78 is 0. The Morgan fingerprint density at radius 3 is 2.50 bits per heavy atom. The smallest absolute Gasteiger partial charge is 0.273 e. The van der Waals surface area contributed by atoms with Crippen molar-refractivity contribution in [3.05, 3.63) is 17.8 Å². The van der Waals surface area contributed by atoms with Crippen LogP contribution in [0.15, 0.2) is 12.1 Å². The third kappa shape index (κ3) is 3.68. The molecule has 110 valence electrons. The molecule has 1 amide bonds. The standard InChI is InChI=1S/C15H24N4O/c1-15(9-5-4-6-10-15)11-16-13-8-7-12(17-18-13)14(20)19(2)3/h7-8H,4-6,9-11H2,1-3H3,(H,16,18). The maximum absolute atomic E-state index is 11.7. The van der Waals surface area contributed by atoms with E-state index in [0.717, 1.165) is 12.4 Å². The van der Waals surface area contributed by atoms with Gasteiger partial charge in [-0.3, -0.25) is 4.79 Å². The number of amides is 1. The molecule has 2 rings (SSSR count). The Balaban J connectivity index is 1.92. The molecule has 5 nitrogen and oxygen atoms in total. The van der Waals surface area contributed by atoms with Gasteiger partial charge in [0, 0.05) is 20.6 Å². The zero-order valence-corrected chi connectivity index (χ0v) is 12.6. The highest BCUT2D eigenvalue weighted by atomic mass is 16.2. The lowest BCUT2D eigenvalue weighted by Crippen LogP contribution is -2.29. The Kier molecular flexibility index (Phi) is 4.57. The van der Waals surface area contributed by atoms with Crippen LogP contribution in [0, 0.1) is 5.41 Å². The number of hydrogen-bond acceptors (Lipinski definition) is 4. The monoisotopic (exact) mass is 276 g/mol. The van der Waals surface area contributed by atoms with Crippen molar-refractivity contribution in [1.82, 2.24) is 15.1 Å². The maximum atomic E-state index is 11.7. The average molecular weight is 276 g/mol. The Morgan fingerprint density at radius 2 is 1.95 bits per heavy atom. The van der Waals surface area contributed by atoms with E-state index in [9.17, 15) is 4.79 Å². The van der Waals surface area contributed by atoms with Crippen molar-refractivity contribution < 1.29 is 4.79 Å². The molecule has 20 heavy (non-hydrogen) atoms. The van der Waals surface area contributed by atoms with Crippen LogP contribution >= 0.6 is 0 Å². The lowest BCUT2D eigenvalue weighted by molar-refractivity contribution is 0.0821. The molecule has 0 bridgehead atoms. The van der Waals surface area contributed by atoms with Crippen LogP contribution in [0.5, 0.6) is 0 Å². The predicted molar refractivity (Wildman–Crippen MR) is 79.7 cm³/mol. The zero-order chi connectivity index (χ0) is 14.6. The third-order valence-corrected chi connectivity index (χ3v) is 4.05. The molecule has 0 atom stereocenters. The molecule has 1 aromatic rings. The largest absolute Gasteiger partial charge is 0.368 e. The molecule has 1 N–H and O–H groups in total. The van der Waals surface area contributed by atoms with Gasteiger partial charge in [-0.05, 0) is 30.4 Å². The second-order valence-electron chi connectivity index (χ2n) is 6.23. The van der Waals surface area contributed by atoms with Gasteiger partial charge >= 0.3 is 0 Å². The maximum Gasteiger partial charge on any atom is 0.273 e. The Hall–Kier alpha value is -1.65. The van der Waals surface area contributed by atoms with Gasteiger partial charge in [-0.2, -0.15) is 0 Å². The van der Waals surface area contributed by atoms with E-state index in [1.165, 1.54) is 37.0 Å². The van der Waals surface area contributed by atoms with E-state index in [2.05, 4.69) is 22.4 Å². The molecule has 1 aliphatic rings. The molecule has 0 unspecified atom stereocenters. The van der Waals surface area contributed by atoms with Crippen LogP contribution < -0.4 is 5.32 Å². The van der Waals surface area contributed by atoms with Gasteiger partial charge in [0.1, 0.15) is 5.82 Å². The first-order chi connectivity index (χ1) is 9.50. The molecule has 0 aromatic carbocycles. The van der Waals surface area contributed by atoms with Crippen molar-refractivity contribution in [2.24, 2.45) is 5.41 Å². The number of aromatic nitrogens is 2. The molecule has 0 radical (unpaired) electrons. The van der Waals surface area contributed by atoms with Crippen LogP contribution in [-0.4, -0.2) is 41.6 Å². The lowest BCUT2D eigenvalue weighted by atomic mass is 9.76. The number of nitrogens with zero attached hydrogens (tertiary/aromatic N) is 3. The summed E-state index contributed by atoms with van der Waals surface area (Å²) in [6.07, 6.45) is 6.53. The van der Waals surface area contributed by atoms with E-state index in [1.807, 2.05) is 6.07 Å². The SMILES string of the molecule is CN(C)C(=O)c1ccc(NCC2(C)CCCCC2)nn1. The third-order valence-electron chi connectivity index (χ3n) is 4.05. The number of rotatable bonds is 4. The first-order valence-electron chi connectivity index (χ1n) is 7.29. The van der Waals surface area contributed by atoms with Gasteiger partial charge in [0.2, 0.25) is 0 Å². The fourth-order valence-electron chi connectivity index (χ4n) is 2.66. The summed E-state index contributed by atoms with van der Waals surface area (Å²) in [4.78, 5) is 13.2. The molecule has 5 heteroatoms. The number of nitrogens with one attached hydrogen (secondary N) is 1. The number of hydrogen-bond donors (Lipinski definition) is 1. The number of carbonyl (C=O) groups excluding carboxylic acids is 1. The van der Waals surface area contributed by atoms with Crippen molar-refractivity contribution in [1.29, 1.82) is 0 Å². The van der Waals surface area contributed by atoms with Crippen LogP contribution in [0.25, 0.3) is 0 Å². The van der Waals surface area contributed by atoms with Crippen LogP contribution in [0.1, 0.15) is 49.5 Å². The summed E-state index contributed by atoms with van der Waals surface area (Å²) in [6.45, 7) is 3.25. The second-order valence-corrected chi connectivity index (χ2v) is 6.23. The number of anilines is 1. The summed E-state index contributed by atoms with van der Waals surface area (Å²) in [5, 5.41) is 11.4. The summed E-state index contributed by atoms with van der Waals surface area (Å²) in [5.41, 5.74) is 0.738. The molecule has 0 spiro atoms. The highest BCUT2D eigenvalue weighted by molar-refractivity contribution is 5.91. The first kappa shape index (κ1) is 14.8. The Morgan fingerprint density at radius 1 is 1.25 bits per heavy atom. The molecule has 1 aliphatic carbocycles. The van der Waals surface area contributed by atoms with Gasteiger partial charge in [0.25, 0.3) is 5.91 Å². The van der Waals surface area contributed by atoms with Gasteiger partial charge in [-0.15, -0.1) is 10.2 Å². The Bertz CT molecular complexity index is 449. The van der Waals surface area contributed by atoms with Crippen molar-refractivity contribution in [2.75, 3.05) is 26.0 Å². The van der Waals surface area contributed by atoms with Gasteiger partial charge in [0.15, 0.2) is 5.69 Å². The van der Waals surface area contributed by atoms with E-state index < -0.39 is 0 Å². The summed E-state index contributed by atoms with van der Waals surface area (Å²) in [5.74, 6) is 0.621. The van der Waals surface area contributed by atoms with Crippen molar-refractivity contribution >= 4 is 11.7 Å². The molecule has 0 aliphatic heterocycles. The minimum atomic E-state index is -0.122. The van der Waals surface area contributed by atoms with Crippen molar-refractivity contribution in [3.8, 4) is 0 Å². The van der Waals surface area contributed by atoms with E-state index in [4.69, 9.17) is 0 Å². The highest BCUT2D eigenvalue weighted by Crippen LogP contribution is 2.35. The van der Waals surface area contributed by atoms with Gasteiger partial charge < -0.3 is 10.2 Å². The average Bonchev–Trinajstić information content (AvgIpc) is 2.46. The fourth-order valence-corrected chi connectivity index (χ4v) is 2.66. The summed E-state index contributed by atoms with van der Waals surface area (Å²) >= 11 is 0.